The summed E-state index contributed by atoms with van der Waals surface area (Å²) in [5, 5.41) is 3.16. The number of aryl methyl sites for hydroxylation is 3. The van der Waals surface area contributed by atoms with Crippen LogP contribution in [0.3, 0.4) is 0 Å². The van der Waals surface area contributed by atoms with Gasteiger partial charge in [-0.15, -0.1) is 0 Å². The third-order valence-electron chi connectivity index (χ3n) is 6.49. The van der Waals surface area contributed by atoms with Crippen LogP contribution in [0.1, 0.15) is 28.9 Å². The number of benzene rings is 2. The molecule has 1 saturated heterocycles. The molecule has 0 saturated carbocycles. The van der Waals surface area contributed by atoms with Crippen LogP contribution in [0.15, 0.2) is 77.0 Å². The van der Waals surface area contributed by atoms with Crippen molar-refractivity contribution in [3.8, 4) is 5.75 Å². The molecule has 188 valence electrons. The van der Waals surface area contributed by atoms with E-state index in [-0.39, 0.29) is 12.1 Å². The number of carbonyl (C=O) groups is 3. The topological polar surface area (TPSA) is 93.8 Å². The fourth-order valence-corrected chi connectivity index (χ4v) is 4.36. The molecule has 0 unspecified atom stereocenters. The molecule has 0 bridgehead atoms. The van der Waals surface area contributed by atoms with Crippen molar-refractivity contribution in [1.82, 2.24) is 14.8 Å². The highest BCUT2D eigenvalue weighted by Gasteiger charge is 2.36. The van der Waals surface area contributed by atoms with Gasteiger partial charge in [-0.1, -0.05) is 24.3 Å². The molecule has 2 aromatic heterocycles. The van der Waals surface area contributed by atoms with E-state index in [0.717, 1.165) is 33.5 Å². The molecular weight excluding hydrogens is 470 g/mol. The number of carbonyl (C=O) groups excluding carboxylic acids is 3. The number of ether oxygens (including phenoxy) is 1. The lowest BCUT2D eigenvalue weighted by Gasteiger charge is -2.25. The van der Waals surface area contributed by atoms with Crippen molar-refractivity contribution in [2.75, 3.05) is 6.61 Å². The van der Waals surface area contributed by atoms with Crippen LogP contribution in [0, 0.1) is 13.8 Å². The van der Waals surface area contributed by atoms with Crippen LogP contribution in [0.4, 0.5) is 4.79 Å². The van der Waals surface area contributed by atoms with Crippen LogP contribution >= 0.6 is 0 Å². The van der Waals surface area contributed by atoms with Gasteiger partial charge in [-0.2, -0.15) is 0 Å². The van der Waals surface area contributed by atoms with E-state index in [1.54, 1.807) is 18.2 Å². The highest BCUT2D eigenvalue weighted by atomic mass is 16.5. The second kappa shape index (κ2) is 10.2. The number of rotatable bonds is 8. The van der Waals surface area contributed by atoms with Gasteiger partial charge in [-0.05, 0) is 67.8 Å². The van der Waals surface area contributed by atoms with E-state index in [1.807, 2.05) is 42.6 Å². The van der Waals surface area contributed by atoms with Gasteiger partial charge in [0.25, 0.3) is 11.8 Å². The number of para-hydroxylation sites is 1. The summed E-state index contributed by atoms with van der Waals surface area (Å²) in [6.07, 6.45) is 5.70. The Morgan fingerprint density at radius 1 is 1.00 bits per heavy atom. The highest BCUT2D eigenvalue weighted by molar-refractivity contribution is 6.31. The Bertz CT molecular complexity index is 1510. The smallest absolute Gasteiger partial charge is 0.331 e. The summed E-state index contributed by atoms with van der Waals surface area (Å²) >= 11 is 0. The molecule has 1 fully saturated rings. The number of nitrogens with zero attached hydrogens (tertiary/aromatic N) is 2. The largest absolute Gasteiger partial charge is 0.494 e. The number of amides is 4. The number of furan rings is 1. The molecule has 5 rings (SSSR count). The fourth-order valence-electron chi connectivity index (χ4n) is 4.36. The van der Waals surface area contributed by atoms with Gasteiger partial charge in [-0.25, -0.2) is 4.79 Å². The first-order valence-corrected chi connectivity index (χ1v) is 12.1. The van der Waals surface area contributed by atoms with Crippen molar-refractivity contribution in [2.24, 2.45) is 0 Å². The Kier molecular flexibility index (Phi) is 6.64. The van der Waals surface area contributed by atoms with Gasteiger partial charge in [0, 0.05) is 29.2 Å². The van der Waals surface area contributed by atoms with Gasteiger partial charge in [-0.3, -0.25) is 19.8 Å². The third kappa shape index (κ3) is 5.04. The first-order valence-electron chi connectivity index (χ1n) is 12.1. The maximum absolute atomic E-state index is 13.1. The molecule has 4 amide bonds. The Morgan fingerprint density at radius 3 is 2.62 bits per heavy atom. The van der Waals surface area contributed by atoms with Gasteiger partial charge in [0.1, 0.15) is 17.1 Å². The van der Waals surface area contributed by atoms with Crippen molar-refractivity contribution >= 4 is 34.8 Å². The number of urea groups is 1. The summed E-state index contributed by atoms with van der Waals surface area (Å²) < 4.78 is 13.3. The molecule has 1 aliphatic rings. The van der Waals surface area contributed by atoms with Crippen molar-refractivity contribution in [2.45, 2.75) is 33.4 Å². The zero-order valence-electron chi connectivity index (χ0n) is 20.7. The first kappa shape index (κ1) is 24.1. The summed E-state index contributed by atoms with van der Waals surface area (Å²) in [5.41, 5.74) is 4.01. The Labute approximate surface area is 214 Å². The lowest BCUT2D eigenvalue weighted by Crippen LogP contribution is -2.53. The minimum absolute atomic E-state index is 0.0649. The van der Waals surface area contributed by atoms with Crippen molar-refractivity contribution in [1.29, 1.82) is 0 Å². The first-order chi connectivity index (χ1) is 17.9. The van der Waals surface area contributed by atoms with Gasteiger partial charge in [0.2, 0.25) is 0 Å². The van der Waals surface area contributed by atoms with E-state index < -0.39 is 17.8 Å². The monoisotopic (exact) mass is 497 g/mol. The molecule has 8 nitrogen and oxygen atoms in total. The lowest BCUT2D eigenvalue weighted by molar-refractivity contribution is -0.130. The van der Waals surface area contributed by atoms with Crippen molar-refractivity contribution < 1.29 is 23.5 Å². The highest BCUT2D eigenvalue weighted by Crippen LogP contribution is 2.26. The molecule has 0 aliphatic carbocycles. The number of nitrogens with one attached hydrogen (secondary N) is 1. The summed E-state index contributed by atoms with van der Waals surface area (Å²) in [7, 11) is 0. The maximum atomic E-state index is 13.1. The third-order valence-corrected chi connectivity index (χ3v) is 6.49. The molecule has 3 heterocycles. The van der Waals surface area contributed by atoms with E-state index in [0.29, 0.717) is 18.9 Å². The molecule has 1 N–H and O–H groups in total. The minimum Gasteiger partial charge on any atom is -0.494 e. The van der Waals surface area contributed by atoms with Gasteiger partial charge in [0.15, 0.2) is 0 Å². The molecule has 0 atom stereocenters. The van der Waals surface area contributed by atoms with Crippen LogP contribution in [0.25, 0.3) is 17.0 Å². The second-order valence-corrected chi connectivity index (χ2v) is 9.03. The molecule has 0 radical (unpaired) electrons. The standard InChI is InChI=1S/C29H27N3O5/c1-19-10-11-22(15-20(19)2)36-14-6-12-31-17-21(24-8-3-4-9-26(24)31)16-25-27(33)30-29(35)32(28(25)34)18-23-7-5-13-37-23/h3-5,7-11,13,15-17H,6,12,14,18H2,1-2H3,(H,30,33,35). The second-order valence-electron chi connectivity index (χ2n) is 9.03. The number of aromatic nitrogens is 1. The number of hydrogen-bond acceptors (Lipinski definition) is 5. The Hall–Kier alpha value is -4.59. The van der Waals surface area contributed by atoms with Crippen molar-refractivity contribution in [3.05, 3.63) is 95.1 Å². The number of hydrogen-bond donors (Lipinski definition) is 1. The molecule has 0 spiro atoms. The zero-order chi connectivity index (χ0) is 25.9. The van der Waals surface area contributed by atoms with E-state index in [2.05, 4.69) is 29.8 Å². The predicted molar refractivity (Wildman–Crippen MR) is 139 cm³/mol. The summed E-state index contributed by atoms with van der Waals surface area (Å²) in [6, 6.07) is 16.4. The molecule has 1 aliphatic heterocycles. The van der Waals surface area contributed by atoms with E-state index >= 15 is 0 Å². The van der Waals surface area contributed by atoms with Crippen molar-refractivity contribution in [3.63, 3.8) is 0 Å². The van der Waals surface area contributed by atoms with Gasteiger partial charge in [0.05, 0.1) is 19.4 Å². The van der Waals surface area contributed by atoms with E-state index in [9.17, 15) is 14.4 Å². The number of fused-ring (bicyclic) bond motifs is 1. The average molecular weight is 498 g/mol. The zero-order valence-corrected chi connectivity index (χ0v) is 20.7. The van der Waals surface area contributed by atoms with Gasteiger partial charge < -0.3 is 13.7 Å². The molecule has 4 aromatic rings. The minimum atomic E-state index is -0.769. The average Bonchev–Trinajstić information content (AvgIpc) is 3.52. The Balaban J connectivity index is 1.35. The van der Waals surface area contributed by atoms with E-state index in [1.165, 1.54) is 17.4 Å². The quantitative estimate of drug-likeness (QED) is 0.210. The maximum Gasteiger partial charge on any atom is 0.331 e. The molecule has 8 heteroatoms. The van der Waals surface area contributed by atoms with E-state index in [4.69, 9.17) is 9.15 Å². The molecule has 2 aromatic carbocycles. The predicted octanol–water partition coefficient (Wildman–Crippen LogP) is 4.98. The lowest BCUT2D eigenvalue weighted by atomic mass is 10.1. The van der Waals surface area contributed by atoms with Crippen LogP contribution in [0.2, 0.25) is 0 Å². The van der Waals surface area contributed by atoms with Crippen LogP contribution in [-0.2, 0) is 22.7 Å². The summed E-state index contributed by atoms with van der Waals surface area (Å²) in [5.74, 6) is -0.0914. The summed E-state index contributed by atoms with van der Waals surface area (Å²) in [6.45, 7) is 5.31. The normalized spacial score (nSPS) is 15.0. The SMILES string of the molecule is Cc1ccc(OCCCn2cc(C=C3C(=O)NC(=O)N(Cc4ccco4)C3=O)c3ccccc32)cc1C. The Morgan fingerprint density at radius 2 is 1.84 bits per heavy atom. The summed E-state index contributed by atoms with van der Waals surface area (Å²) in [4.78, 5) is 39.0. The number of barbiturate groups is 1. The molecule has 37 heavy (non-hydrogen) atoms. The van der Waals surface area contributed by atoms with Crippen LogP contribution in [0.5, 0.6) is 5.75 Å². The molecular formula is C29H27N3O5. The number of imide groups is 2. The van der Waals surface area contributed by atoms with Crippen LogP contribution < -0.4 is 10.1 Å². The van der Waals surface area contributed by atoms with Gasteiger partial charge >= 0.3 is 6.03 Å². The van der Waals surface area contributed by atoms with Crippen LogP contribution in [-0.4, -0.2) is 33.9 Å². The fraction of sp³-hybridized carbons (Fsp3) is 0.207.